The summed E-state index contributed by atoms with van der Waals surface area (Å²) >= 11 is 0. The van der Waals surface area contributed by atoms with Crippen LogP contribution in [0.5, 0.6) is 0 Å². The number of hydrogen-bond acceptors (Lipinski definition) is 4. The number of ether oxygens (including phenoxy) is 1. The lowest BCUT2D eigenvalue weighted by atomic mass is 10.2. The molecule has 1 aliphatic heterocycles. The Bertz CT molecular complexity index is 819. The molecule has 7 nitrogen and oxygen atoms in total. The minimum absolute atomic E-state index is 0.182. The first-order chi connectivity index (χ1) is 13.4. The Morgan fingerprint density at radius 2 is 1.75 bits per heavy atom. The Balaban J connectivity index is 1.60. The Hall–Kier alpha value is -2.90. The predicted octanol–water partition coefficient (Wildman–Crippen LogP) is 2.95. The van der Waals surface area contributed by atoms with Crippen LogP contribution in [0.2, 0.25) is 0 Å². The average molecular weight is 388 g/mol. The highest BCUT2D eigenvalue weighted by atomic mass is 19.1. The molecule has 0 atom stereocenters. The van der Waals surface area contributed by atoms with Gasteiger partial charge in [-0.2, -0.15) is 5.10 Å². The number of rotatable bonds is 4. The molecule has 2 heterocycles. The van der Waals surface area contributed by atoms with E-state index < -0.39 is 0 Å². The highest BCUT2D eigenvalue weighted by Crippen LogP contribution is 2.12. The van der Waals surface area contributed by atoms with E-state index >= 15 is 0 Å². The van der Waals surface area contributed by atoms with Crippen molar-refractivity contribution < 1.29 is 18.7 Å². The van der Waals surface area contributed by atoms with Crippen LogP contribution >= 0.6 is 0 Å². The Morgan fingerprint density at radius 3 is 2.46 bits per heavy atom. The molecule has 28 heavy (non-hydrogen) atoms. The summed E-state index contributed by atoms with van der Waals surface area (Å²) in [6.07, 6.45) is 2.03. The van der Waals surface area contributed by atoms with Gasteiger partial charge in [0.1, 0.15) is 5.82 Å². The summed E-state index contributed by atoms with van der Waals surface area (Å²) in [6.45, 7) is 6.34. The minimum atomic E-state index is -0.330. The summed E-state index contributed by atoms with van der Waals surface area (Å²) < 4.78 is 19.9. The molecule has 1 aromatic heterocycles. The molecule has 0 saturated carbocycles. The summed E-state index contributed by atoms with van der Waals surface area (Å²) in [5.41, 5.74) is 0.996. The molecule has 0 aliphatic carbocycles. The lowest BCUT2D eigenvalue weighted by Crippen LogP contribution is -2.38. The first kappa shape index (κ1) is 19.9. The van der Waals surface area contributed by atoms with Crippen molar-refractivity contribution in [3.63, 3.8) is 0 Å². The predicted molar refractivity (Wildman–Crippen MR) is 102 cm³/mol. The number of amides is 2. The Labute approximate surface area is 163 Å². The second-order valence-electron chi connectivity index (χ2n) is 7.23. The number of benzene rings is 1. The standard InChI is InChI=1S/C20H25FN4O3/c1-15(2)14-28-20(27)24-10-3-9-23(12-13-24)19(26)18-8-11-25(22-18)17-6-4-16(21)5-7-17/h4-8,11,15H,3,9-10,12-14H2,1-2H3. The third kappa shape index (κ3) is 4.88. The summed E-state index contributed by atoms with van der Waals surface area (Å²) in [5, 5.41) is 4.32. The largest absolute Gasteiger partial charge is 0.449 e. The average Bonchev–Trinajstić information content (AvgIpc) is 3.04. The van der Waals surface area contributed by atoms with Crippen LogP contribution < -0.4 is 0 Å². The molecule has 150 valence electrons. The van der Waals surface area contributed by atoms with Crippen molar-refractivity contribution in [2.24, 2.45) is 5.92 Å². The van der Waals surface area contributed by atoms with Crippen molar-refractivity contribution in [1.82, 2.24) is 19.6 Å². The maximum Gasteiger partial charge on any atom is 0.409 e. The molecule has 8 heteroatoms. The first-order valence-corrected chi connectivity index (χ1v) is 9.46. The van der Waals surface area contributed by atoms with Gasteiger partial charge >= 0.3 is 6.09 Å². The number of nitrogens with zero attached hydrogens (tertiary/aromatic N) is 4. The normalized spacial score (nSPS) is 14.9. The summed E-state index contributed by atoms with van der Waals surface area (Å²) in [7, 11) is 0. The topological polar surface area (TPSA) is 67.7 Å². The van der Waals surface area contributed by atoms with Gasteiger partial charge in [-0.15, -0.1) is 0 Å². The molecule has 0 radical (unpaired) electrons. The van der Waals surface area contributed by atoms with Gasteiger partial charge in [0.2, 0.25) is 0 Å². The van der Waals surface area contributed by atoms with Gasteiger partial charge in [-0.25, -0.2) is 13.9 Å². The molecule has 0 unspecified atom stereocenters. The zero-order chi connectivity index (χ0) is 20.1. The van der Waals surface area contributed by atoms with E-state index in [1.54, 1.807) is 38.9 Å². The third-order valence-corrected chi connectivity index (χ3v) is 4.48. The second-order valence-corrected chi connectivity index (χ2v) is 7.23. The molecule has 1 aliphatic rings. The zero-order valence-electron chi connectivity index (χ0n) is 16.2. The van der Waals surface area contributed by atoms with Crippen LogP contribution in [-0.2, 0) is 4.74 Å². The van der Waals surface area contributed by atoms with Crippen molar-refractivity contribution >= 4 is 12.0 Å². The zero-order valence-corrected chi connectivity index (χ0v) is 16.2. The van der Waals surface area contributed by atoms with Crippen molar-refractivity contribution in [3.8, 4) is 5.69 Å². The highest BCUT2D eigenvalue weighted by Gasteiger charge is 2.25. The van der Waals surface area contributed by atoms with Crippen LogP contribution in [-0.4, -0.2) is 64.4 Å². The molecule has 0 bridgehead atoms. The van der Waals surface area contributed by atoms with E-state index in [1.165, 1.54) is 12.1 Å². The molecule has 2 aromatic rings. The first-order valence-electron chi connectivity index (χ1n) is 9.46. The summed E-state index contributed by atoms with van der Waals surface area (Å²) in [6, 6.07) is 7.54. The van der Waals surface area contributed by atoms with Crippen molar-refractivity contribution in [1.29, 1.82) is 0 Å². The molecular formula is C20H25FN4O3. The smallest absolute Gasteiger partial charge is 0.409 e. The van der Waals surface area contributed by atoms with Crippen LogP contribution in [0, 0.1) is 11.7 Å². The fraction of sp³-hybridized carbons (Fsp3) is 0.450. The number of aromatic nitrogens is 2. The van der Waals surface area contributed by atoms with E-state index in [-0.39, 0.29) is 23.7 Å². The minimum Gasteiger partial charge on any atom is -0.449 e. The van der Waals surface area contributed by atoms with Gasteiger partial charge in [-0.3, -0.25) is 4.79 Å². The lowest BCUT2D eigenvalue weighted by Gasteiger charge is -2.21. The third-order valence-electron chi connectivity index (χ3n) is 4.48. The fourth-order valence-corrected chi connectivity index (χ4v) is 2.97. The molecular weight excluding hydrogens is 363 g/mol. The van der Waals surface area contributed by atoms with Gasteiger partial charge in [0.25, 0.3) is 5.91 Å². The van der Waals surface area contributed by atoms with Crippen LogP contribution in [0.3, 0.4) is 0 Å². The lowest BCUT2D eigenvalue weighted by molar-refractivity contribution is 0.0740. The molecule has 2 amide bonds. The van der Waals surface area contributed by atoms with E-state index in [2.05, 4.69) is 5.10 Å². The fourth-order valence-electron chi connectivity index (χ4n) is 2.97. The van der Waals surface area contributed by atoms with E-state index in [0.717, 1.165) is 0 Å². The van der Waals surface area contributed by atoms with Gasteiger partial charge in [0.15, 0.2) is 5.69 Å². The van der Waals surface area contributed by atoms with Crippen LogP contribution in [0.25, 0.3) is 5.69 Å². The van der Waals surface area contributed by atoms with E-state index in [1.807, 2.05) is 13.8 Å². The number of carbonyl (C=O) groups is 2. The molecule has 1 aromatic carbocycles. The van der Waals surface area contributed by atoms with Gasteiger partial charge < -0.3 is 14.5 Å². The monoisotopic (exact) mass is 388 g/mol. The van der Waals surface area contributed by atoms with E-state index in [4.69, 9.17) is 4.74 Å². The van der Waals surface area contributed by atoms with E-state index in [0.29, 0.717) is 50.6 Å². The molecule has 1 fully saturated rings. The van der Waals surface area contributed by atoms with Gasteiger partial charge in [-0.1, -0.05) is 13.8 Å². The number of carbonyl (C=O) groups excluding carboxylic acids is 2. The van der Waals surface area contributed by atoms with Gasteiger partial charge in [-0.05, 0) is 42.7 Å². The Morgan fingerprint density at radius 1 is 1.07 bits per heavy atom. The van der Waals surface area contributed by atoms with E-state index in [9.17, 15) is 14.0 Å². The van der Waals surface area contributed by atoms with Crippen molar-refractivity contribution in [2.75, 3.05) is 32.8 Å². The molecule has 1 saturated heterocycles. The molecule has 0 spiro atoms. The van der Waals surface area contributed by atoms with Crippen LogP contribution in [0.1, 0.15) is 30.8 Å². The van der Waals surface area contributed by atoms with Crippen molar-refractivity contribution in [2.45, 2.75) is 20.3 Å². The van der Waals surface area contributed by atoms with Gasteiger partial charge in [0, 0.05) is 32.4 Å². The second kappa shape index (κ2) is 8.86. The highest BCUT2D eigenvalue weighted by molar-refractivity contribution is 5.92. The van der Waals surface area contributed by atoms with Crippen LogP contribution in [0.4, 0.5) is 9.18 Å². The maximum atomic E-state index is 13.1. The molecule has 3 rings (SSSR count). The van der Waals surface area contributed by atoms with Gasteiger partial charge in [0.05, 0.1) is 12.3 Å². The summed E-state index contributed by atoms with van der Waals surface area (Å²) in [4.78, 5) is 28.3. The maximum absolute atomic E-state index is 13.1. The quantitative estimate of drug-likeness (QED) is 0.808. The van der Waals surface area contributed by atoms with Crippen molar-refractivity contribution in [3.05, 3.63) is 48.0 Å². The summed E-state index contributed by atoms with van der Waals surface area (Å²) in [5.74, 6) is -0.225. The number of halogens is 1. The Kier molecular flexibility index (Phi) is 6.28. The van der Waals surface area contributed by atoms with Crippen LogP contribution in [0.15, 0.2) is 36.5 Å². The SMILES string of the molecule is CC(C)COC(=O)N1CCCN(C(=O)c2ccn(-c3ccc(F)cc3)n2)CC1. The number of hydrogen-bond donors (Lipinski definition) is 0. The molecule has 0 N–H and O–H groups in total.